The maximum Gasteiger partial charge on any atom is 0.333 e. The van der Waals surface area contributed by atoms with E-state index in [-0.39, 0.29) is 18.8 Å². The molecule has 4 amide bonds. The van der Waals surface area contributed by atoms with E-state index >= 15 is 0 Å². The normalized spacial score (nSPS) is 17.1. The summed E-state index contributed by atoms with van der Waals surface area (Å²) in [6.07, 6.45) is -0.187. The largest absolute Gasteiger partial charge is 0.333 e. The third-order valence-electron chi connectivity index (χ3n) is 2.00. The Hall–Kier alpha value is -1.10. The number of halogens is 1. The van der Waals surface area contributed by atoms with Crippen molar-refractivity contribution >= 4 is 30.3 Å². The van der Waals surface area contributed by atoms with Gasteiger partial charge in [-0.3, -0.25) is 19.4 Å². The maximum atomic E-state index is 11.4. The summed E-state index contributed by atoms with van der Waals surface area (Å²) < 4.78 is 0. The van der Waals surface area contributed by atoms with Gasteiger partial charge in [-0.2, -0.15) is 0 Å². The van der Waals surface area contributed by atoms with Gasteiger partial charge in [0, 0.05) is 13.1 Å². The summed E-state index contributed by atoms with van der Waals surface area (Å²) in [5.41, 5.74) is 0. The molecule has 1 rings (SSSR count). The van der Waals surface area contributed by atoms with Gasteiger partial charge in [0.2, 0.25) is 11.8 Å². The van der Waals surface area contributed by atoms with Gasteiger partial charge in [-0.25, -0.2) is 4.79 Å². The second kappa shape index (κ2) is 4.95. The molecule has 0 spiro atoms. The number of carbonyl (C=O) groups is 3. The van der Waals surface area contributed by atoms with Crippen molar-refractivity contribution in [2.75, 3.05) is 13.1 Å². The molecule has 0 aromatic carbocycles. The molecule has 0 radical (unpaired) electrons. The second-order valence-electron chi connectivity index (χ2n) is 2.74. The summed E-state index contributed by atoms with van der Waals surface area (Å²) in [6.45, 7) is 4.06. The molecular formula is C8H13ClN2O3. The van der Waals surface area contributed by atoms with Crippen LogP contribution in [0, 0.1) is 0 Å². The lowest BCUT2D eigenvalue weighted by atomic mass is 10.2. The van der Waals surface area contributed by atoms with Gasteiger partial charge in [-0.1, -0.05) is 0 Å². The predicted molar refractivity (Wildman–Crippen MR) is 52.0 cm³/mol. The molecule has 1 saturated heterocycles. The second-order valence-corrected chi connectivity index (χ2v) is 2.74. The Balaban J connectivity index is 0.00000169. The predicted octanol–water partition coefficient (Wildman–Crippen LogP) is 0.629. The standard InChI is InChI=1S/C8H12N2O3.ClH/c1-3-9-6(11)5-7(12)10(4-2)8(9)13;/h3-5H2,1-2H3;1H. The molecule has 1 heterocycles. The lowest BCUT2D eigenvalue weighted by Crippen LogP contribution is -2.54. The highest BCUT2D eigenvalue weighted by molar-refractivity contribution is 6.13. The van der Waals surface area contributed by atoms with Crippen molar-refractivity contribution < 1.29 is 14.4 Å². The summed E-state index contributed by atoms with van der Waals surface area (Å²) in [5, 5.41) is 0. The molecule has 0 atom stereocenters. The van der Waals surface area contributed by atoms with Crippen molar-refractivity contribution in [3.63, 3.8) is 0 Å². The molecule has 6 heteroatoms. The zero-order chi connectivity index (χ0) is 10.0. The molecule has 1 aliphatic heterocycles. The van der Waals surface area contributed by atoms with Gasteiger partial charge in [0.1, 0.15) is 6.42 Å². The van der Waals surface area contributed by atoms with E-state index in [1.807, 2.05) is 0 Å². The summed E-state index contributed by atoms with van der Waals surface area (Å²) in [6, 6.07) is -0.494. The van der Waals surface area contributed by atoms with E-state index in [9.17, 15) is 14.4 Å². The smallest absolute Gasteiger partial charge is 0.274 e. The molecule has 0 saturated carbocycles. The lowest BCUT2D eigenvalue weighted by Gasteiger charge is -2.31. The number of hydrogen-bond acceptors (Lipinski definition) is 3. The van der Waals surface area contributed by atoms with E-state index in [1.54, 1.807) is 13.8 Å². The van der Waals surface area contributed by atoms with Gasteiger partial charge >= 0.3 is 6.03 Å². The fraction of sp³-hybridized carbons (Fsp3) is 0.625. The number of rotatable bonds is 2. The molecule has 80 valence electrons. The average molecular weight is 221 g/mol. The van der Waals surface area contributed by atoms with Gasteiger partial charge in [0.15, 0.2) is 0 Å². The molecule has 1 aliphatic rings. The molecule has 0 aromatic heterocycles. The first kappa shape index (κ1) is 12.9. The average Bonchev–Trinajstić information content (AvgIpc) is 2.04. The van der Waals surface area contributed by atoms with Gasteiger partial charge in [-0.15, -0.1) is 12.4 Å². The van der Waals surface area contributed by atoms with E-state index in [1.165, 1.54) is 0 Å². The minimum Gasteiger partial charge on any atom is -0.274 e. The van der Waals surface area contributed by atoms with Crippen LogP contribution in [0.5, 0.6) is 0 Å². The SMILES string of the molecule is CCN1C(=O)CC(=O)N(CC)C1=O.Cl. The molecular weight excluding hydrogens is 208 g/mol. The van der Waals surface area contributed by atoms with Crippen molar-refractivity contribution in [3.05, 3.63) is 0 Å². The first-order valence-electron chi connectivity index (χ1n) is 4.26. The Bertz CT molecular complexity index is 243. The number of amides is 4. The fourth-order valence-corrected chi connectivity index (χ4v) is 1.30. The van der Waals surface area contributed by atoms with Crippen LogP contribution in [0.4, 0.5) is 4.79 Å². The molecule has 1 fully saturated rings. The first-order chi connectivity index (χ1) is 6.11. The maximum absolute atomic E-state index is 11.4. The highest BCUT2D eigenvalue weighted by atomic mass is 35.5. The number of urea groups is 1. The summed E-state index contributed by atoms with van der Waals surface area (Å²) in [4.78, 5) is 35.9. The van der Waals surface area contributed by atoms with E-state index < -0.39 is 17.8 Å². The van der Waals surface area contributed by atoms with Crippen LogP contribution in [-0.4, -0.2) is 40.7 Å². The monoisotopic (exact) mass is 220 g/mol. The number of carbonyl (C=O) groups excluding carboxylic acids is 3. The van der Waals surface area contributed by atoms with E-state index in [2.05, 4.69) is 0 Å². The van der Waals surface area contributed by atoms with Gasteiger partial charge in [-0.05, 0) is 13.8 Å². The number of barbiturate groups is 1. The highest BCUT2D eigenvalue weighted by Crippen LogP contribution is 2.10. The van der Waals surface area contributed by atoms with Crippen molar-refractivity contribution in [2.24, 2.45) is 0 Å². The van der Waals surface area contributed by atoms with E-state index in [0.717, 1.165) is 9.80 Å². The van der Waals surface area contributed by atoms with Crippen LogP contribution < -0.4 is 0 Å². The molecule has 0 unspecified atom stereocenters. The summed E-state index contributed by atoms with van der Waals surface area (Å²) >= 11 is 0. The molecule has 14 heavy (non-hydrogen) atoms. The Kier molecular flexibility index (Phi) is 4.56. The van der Waals surface area contributed by atoms with Crippen LogP contribution >= 0.6 is 12.4 Å². The van der Waals surface area contributed by atoms with E-state index in [4.69, 9.17) is 0 Å². The fourth-order valence-electron chi connectivity index (χ4n) is 1.30. The Labute approximate surface area is 88.4 Å². The zero-order valence-corrected chi connectivity index (χ0v) is 8.97. The number of nitrogens with zero attached hydrogens (tertiary/aromatic N) is 2. The summed E-state index contributed by atoms with van der Waals surface area (Å²) in [7, 11) is 0. The topological polar surface area (TPSA) is 57.7 Å². The van der Waals surface area contributed by atoms with Crippen LogP contribution in [0.2, 0.25) is 0 Å². The Morgan fingerprint density at radius 3 is 1.64 bits per heavy atom. The van der Waals surface area contributed by atoms with Crippen LogP contribution in [0.3, 0.4) is 0 Å². The Morgan fingerprint density at radius 1 is 1.00 bits per heavy atom. The van der Waals surface area contributed by atoms with E-state index in [0.29, 0.717) is 13.1 Å². The van der Waals surface area contributed by atoms with Crippen molar-refractivity contribution in [3.8, 4) is 0 Å². The first-order valence-corrected chi connectivity index (χ1v) is 4.26. The summed E-state index contributed by atoms with van der Waals surface area (Å²) in [5.74, 6) is -0.801. The zero-order valence-electron chi connectivity index (χ0n) is 8.15. The van der Waals surface area contributed by atoms with Crippen LogP contribution in [0.15, 0.2) is 0 Å². The minimum atomic E-state index is -0.494. The van der Waals surface area contributed by atoms with Crippen molar-refractivity contribution in [1.82, 2.24) is 9.80 Å². The van der Waals surface area contributed by atoms with Gasteiger partial charge < -0.3 is 0 Å². The molecule has 0 aromatic rings. The molecule has 0 N–H and O–H groups in total. The lowest BCUT2D eigenvalue weighted by molar-refractivity contribution is -0.142. The number of hydrogen-bond donors (Lipinski definition) is 0. The third kappa shape index (κ3) is 2.04. The van der Waals surface area contributed by atoms with Crippen molar-refractivity contribution in [1.29, 1.82) is 0 Å². The number of imide groups is 2. The third-order valence-corrected chi connectivity index (χ3v) is 2.00. The van der Waals surface area contributed by atoms with Crippen molar-refractivity contribution in [2.45, 2.75) is 20.3 Å². The molecule has 5 nitrogen and oxygen atoms in total. The highest BCUT2D eigenvalue weighted by Gasteiger charge is 2.35. The van der Waals surface area contributed by atoms with Crippen LogP contribution in [-0.2, 0) is 9.59 Å². The van der Waals surface area contributed by atoms with Gasteiger partial charge in [0.05, 0.1) is 0 Å². The molecule has 0 aliphatic carbocycles. The van der Waals surface area contributed by atoms with Crippen LogP contribution in [0.1, 0.15) is 20.3 Å². The van der Waals surface area contributed by atoms with Gasteiger partial charge in [0.25, 0.3) is 0 Å². The Morgan fingerprint density at radius 2 is 1.36 bits per heavy atom. The van der Waals surface area contributed by atoms with Crippen LogP contribution in [0.25, 0.3) is 0 Å². The minimum absolute atomic E-state index is 0. The quantitative estimate of drug-likeness (QED) is 0.642. The molecule has 0 bridgehead atoms.